The van der Waals surface area contributed by atoms with Crippen LogP contribution in [0.1, 0.15) is 54.9 Å². The number of carbonyl (C=O) groups is 3. The number of Topliss-reactive ketones (excluding diaryl/α,β-unsaturated/α-hetero) is 2. The van der Waals surface area contributed by atoms with Gasteiger partial charge in [0.15, 0.2) is 23.0 Å². The highest BCUT2D eigenvalue weighted by Gasteiger charge is 2.52. The van der Waals surface area contributed by atoms with Crippen LogP contribution in [0.2, 0.25) is 0 Å². The number of ketones is 2. The molecule has 1 aromatic heterocycles. The fourth-order valence-corrected chi connectivity index (χ4v) is 5.51. The van der Waals surface area contributed by atoms with E-state index in [1.54, 1.807) is 0 Å². The zero-order valence-electron chi connectivity index (χ0n) is 19.7. The van der Waals surface area contributed by atoms with Crippen molar-refractivity contribution >= 4 is 44.2 Å². The first-order valence-electron chi connectivity index (χ1n) is 11.2. The maximum absolute atomic E-state index is 12.8. The Hall–Kier alpha value is -4.56. The number of allylic oxidation sites excluding steroid dienone is 2. The van der Waals surface area contributed by atoms with Gasteiger partial charge in [-0.05, 0) is 33.4 Å². The van der Waals surface area contributed by atoms with Crippen LogP contribution >= 0.6 is 15.9 Å². The van der Waals surface area contributed by atoms with E-state index in [0.29, 0.717) is 0 Å². The molecule has 0 saturated carbocycles. The molecule has 3 aliphatic rings. The molecule has 3 heterocycles. The molecule has 6 rings (SSSR count). The molecule has 200 valence electrons. The fourth-order valence-electron chi connectivity index (χ4n) is 5.13. The van der Waals surface area contributed by atoms with Gasteiger partial charge in [0, 0.05) is 11.1 Å². The van der Waals surface area contributed by atoms with E-state index in [1.807, 2.05) is 0 Å². The van der Waals surface area contributed by atoms with Crippen LogP contribution in [0.15, 0.2) is 31.5 Å². The number of methoxy groups -OCH3 is 1. The summed E-state index contributed by atoms with van der Waals surface area (Å²) in [7, 11) is 1.09. The number of rotatable bonds is 1. The lowest BCUT2D eigenvalue weighted by atomic mass is 9.87. The Bertz CT molecular complexity index is 1740. The van der Waals surface area contributed by atoms with Gasteiger partial charge >= 0.3 is 11.6 Å². The van der Waals surface area contributed by atoms with Crippen LogP contribution in [0.5, 0.6) is 28.7 Å². The second kappa shape index (κ2) is 7.97. The van der Waals surface area contributed by atoms with Gasteiger partial charge in [0.25, 0.3) is 5.79 Å². The van der Waals surface area contributed by atoms with Crippen molar-refractivity contribution in [2.75, 3.05) is 7.11 Å². The van der Waals surface area contributed by atoms with E-state index in [2.05, 4.69) is 20.7 Å². The molecular weight excluding hydrogens is 586 g/mol. The molecule has 3 aromatic rings. The van der Waals surface area contributed by atoms with Gasteiger partial charge in [0.05, 0.1) is 47.4 Å². The highest BCUT2D eigenvalue weighted by atomic mass is 79.9. The monoisotopic (exact) mass is 601 g/mol. The summed E-state index contributed by atoms with van der Waals surface area (Å²) in [5.74, 6) is -7.82. The smallest absolute Gasteiger partial charge is 0.374 e. The lowest BCUT2D eigenvalue weighted by Gasteiger charge is -2.37. The molecule has 0 saturated heterocycles. The molecular formula is C25H16BrNO12. The topological polar surface area (TPSA) is 216 Å². The first-order chi connectivity index (χ1) is 18.4. The van der Waals surface area contributed by atoms with Crippen molar-refractivity contribution in [3.8, 4) is 28.7 Å². The maximum atomic E-state index is 12.8. The van der Waals surface area contributed by atoms with Crippen molar-refractivity contribution in [2.24, 2.45) is 5.73 Å². The third-order valence-electron chi connectivity index (χ3n) is 6.91. The normalized spacial score (nSPS) is 21.4. The molecule has 1 aliphatic carbocycles. The lowest BCUT2D eigenvalue weighted by molar-refractivity contribution is -0.139. The molecule has 14 heteroatoms. The molecule has 2 aromatic carbocycles. The number of ether oxygens (including phenoxy) is 3. The first-order valence-corrected chi connectivity index (χ1v) is 12.0. The number of hydrogen-bond acceptors (Lipinski definition) is 13. The number of esters is 1. The van der Waals surface area contributed by atoms with Gasteiger partial charge in [-0.2, -0.15) is 0 Å². The molecule has 39 heavy (non-hydrogen) atoms. The van der Waals surface area contributed by atoms with E-state index in [9.17, 15) is 39.6 Å². The van der Waals surface area contributed by atoms with Crippen LogP contribution < -0.4 is 20.8 Å². The number of nitrogens with two attached hydrogens (primary N) is 1. The van der Waals surface area contributed by atoms with E-state index in [4.69, 9.17) is 19.6 Å². The number of benzene rings is 2. The summed E-state index contributed by atoms with van der Waals surface area (Å²) >= 11 is 2.93. The molecule has 2 atom stereocenters. The van der Waals surface area contributed by atoms with Crippen LogP contribution in [0.25, 0.3) is 10.8 Å². The maximum Gasteiger partial charge on any atom is 0.374 e. The molecule has 13 nitrogen and oxygen atoms in total. The summed E-state index contributed by atoms with van der Waals surface area (Å²) in [6.07, 6.45) is -2.02. The third kappa shape index (κ3) is 3.21. The van der Waals surface area contributed by atoms with Gasteiger partial charge in [0.2, 0.25) is 17.3 Å². The minimum Gasteiger partial charge on any atom is -0.507 e. The van der Waals surface area contributed by atoms with Crippen LogP contribution in [0, 0.1) is 0 Å². The number of phenolic OH excluding ortho intramolecular Hbond substituents is 3. The summed E-state index contributed by atoms with van der Waals surface area (Å²) in [5.41, 5.74) is 3.05. The number of aromatic hydroxyl groups is 3. The van der Waals surface area contributed by atoms with Gasteiger partial charge in [0.1, 0.15) is 11.1 Å². The van der Waals surface area contributed by atoms with Gasteiger partial charge in [-0.3, -0.25) is 9.59 Å². The third-order valence-corrected chi connectivity index (χ3v) is 7.70. The number of aliphatic hydroxyl groups excluding tert-OH is 1. The Morgan fingerprint density at radius 2 is 1.72 bits per heavy atom. The number of carbonyl (C=O) groups excluding carboxylic acids is 3. The van der Waals surface area contributed by atoms with E-state index >= 15 is 0 Å². The Kier molecular flexibility index (Phi) is 5.06. The molecule has 6 N–H and O–H groups in total. The lowest BCUT2D eigenvalue weighted by Crippen LogP contribution is -2.45. The Balaban J connectivity index is 1.48. The van der Waals surface area contributed by atoms with Crippen molar-refractivity contribution in [1.29, 1.82) is 0 Å². The minimum atomic E-state index is -1.84. The fraction of sp³-hybridized carbons (Fsp3) is 0.200. The molecule has 0 amide bonds. The zero-order valence-corrected chi connectivity index (χ0v) is 21.2. The second-order valence-electron chi connectivity index (χ2n) is 9.15. The Morgan fingerprint density at radius 1 is 1.05 bits per heavy atom. The molecule has 0 bridgehead atoms. The van der Waals surface area contributed by atoms with E-state index in [-0.39, 0.29) is 50.7 Å². The second-order valence-corrected chi connectivity index (χ2v) is 9.94. The predicted octanol–water partition coefficient (Wildman–Crippen LogP) is 1.79. The van der Waals surface area contributed by atoms with Crippen LogP contribution in [-0.2, 0) is 11.2 Å². The van der Waals surface area contributed by atoms with Crippen molar-refractivity contribution < 1.29 is 53.4 Å². The molecule has 0 radical (unpaired) electrons. The molecule has 2 unspecified atom stereocenters. The quantitative estimate of drug-likeness (QED) is 0.199. The summed E-state index contributed by atoms with van der Waals surface area (Å²) in [5, 5.41) is 43.6. The van der Waals surface area contributed by atoms with Crippen LogP contribution in [-0.4, -0.2) is 50.9 Å². The number of hydrogen-bond donors (Lipinski definition) is 5. The molecule has 0 fully saturated rings. The number of phenols is 3. The standard InChI is InChI=1S/C25H16BrNO12/c1-36-23(34)10-3-6-2-7-9(28)5-25(38-21(7)19(32)11(6)24(35)37-10)4-8-16(29)12-13(20(33)22(8)39-25)18(31)15(27)14(26)17(12)30/h2-3,9,28-29,32-33H,4-5,27H2,1H3. The summed E-state index contributed by atoms with van der Waals surface area (Å²) in [6.45, 7) is 0. The van der Waals surface area contributed by atoms with Gasteiger partial charge in [-0.1, -0.05) is 0 Å². The first kappa shape index (κ1) is 24.8. The highest BCUT2D eigenvalue weighted by Crippen LogP contribution is 2.57. The summed E-state index contributed by atoms with van der Waals surface area (Å²) in [4.78, 5) is 50.0. The zero-order chi connectivity index (χ0) is 28.1. The number of halogens is 1. The molecule has 1 spiro atoms. The largest absolute Gasteiger partial charge is 0.507 e. The average molecular weight is 602 g/mol. The van der Waals surface area contributed by atoms with Crippen LogP contribution in [0.4, 0.5) is 0 Å². The van der Waals surface area contributed by atoms with Crippen molar-refractivity contribution in [1.82, 2.24) is 0 Å². The van der Waals surface area contributed by atoms with E-state index in [0.717, 1.165) is 13.2 Å². The predicted molar refractivity (Wildman–Crippen MR) is 131 cm³/mol. The van der Waals surface area contributed by atoms with Crippen molar-refractivity contribution in [2.45, 2.75) is 24.7 Å². The Labute approximate surface area is 224 Å². The number of aliphatic hydroxyl groups is 1. The van der Waals surface area contributed by atoms with Gasteiger partial charge in [-0.25, -0.2) is 9.59 Å². The number of fused-ring (bicyclic) bond motifs is 4. The SMILES string of the molecule is COC(=O)c1cc2cc3c(c(O)c2c(=O)o1)OC1(Cc2c(O)c4c(c(O)c2O1)C(=O)C(N)=C(Br)C4=O)CC3O. The minimum absolute atomic E-state index is 0.0468. The van der Waals surface area contributed by atoms with E-state index in [1.165, 1.54) is 6.07 Å². The van der Waals surface area contributed by atoms with Crippen molar-refractivity contribution in [3.63, 3.8) is 0 Å². The van der Waals surface area contributed by atoms with Gasteiger partial charge < -0.3 is 44.8 Å². The summed E-state index contributed by atoms with van der Waals surface area (Å²) in [6, 6.07) is 2.48. The summed E-state index contributed by atoms with van der Waals surface area (Å²) < 4.78 is 21.0. The van der Waals surface area contributed by atoms with Crippen molar-refractivity contribution in [3.05, 3.63) is 60.7 Å². The van der Waals surface area contributed by atoms with E-state index < -0.39 is 74.9 Å². The molecule has 2 aliphatic heterocycles. The highest BCUT2D eigenvalue weighted by molar-refractivity contribution is 9.12. The average Bonchev–Trinajstić information content (AvgIpc) is 3.27. The van der Waals surface area contributed by atoms with Gasteiger partial charge in [-0.15, -0.1) is 0 Å². The Morgan fingerprint density at radius 3 is 2.41 bits per heavy atom. The van der Waals surface area contributed by atoms with Crippen LogP contribution in [0.3, 0.4) is 0 Å².